The first-order chi connectivity index (χ1) is 5.83. The molecule has 1 N–H and O–H groups in total. The van der Waals surface area contributed by atoms with Gasteiger partial charge in [0.15, 0.2) is 4.34 Å². The molecule has 1 aromatic rings. The highest BCUT2D eigenvalue weighted by Gasteiger charge is 1.97. The molecule has 3 nitrogen and oxygen atoms in total. The van der Waals surface area contributed by atoms with Gasteiger partial charge in [-0.3, -0.25) is 0 Å². The quantitative estimate of drug-likeness (QED) is 0.622. The predicted molar refractivity (Wildman–Crippen MR) is 57.5 cm³/mol. The van der Waals surface area contributed by atoms with Crippen LogP contribution < -0.4 is 0 Å². The van der Waals surface area contributed by atoms with E-state index in [2.05, 4.69) is 22.0 Å². The van der Waals surface area contributed by atoms with Gasteiger partial charge in [0.2, 0.25) is 0 Å². The van der Waals surface area contributed by atoms with E-state index in [9.17, 15) is 0 Å². The average molecular weight is 237 g/mol. The molecule has 0 unspecified atom stereocenters. The van der Waals surface area contributed by atoms with Crippen LogP contribution in [0.4, 0.5) is 0 Å². The van der Waals surface area contributed by atoms with Crippen molar-refractivity contribution in [2.45, 2.75) is 11.3 Å². The molecule has 0 bridgehead atoms. The number of halogens is 1. The van der Waals surface area contributed by atoms with Gasteiger partial charge in [-0.15, -0.1) is 22.6 Å². The summed E-state index contributed by atoms with van der Waals surface area (Å²) in [5.41, 5.74) is 0. The molecule has 0 aliphatic rings. The van der Waals surface area contributed by atoms with Gasteiger partial charge in [0, 0.05) is 0 Å². The molecular formula is C7H9ClN2OS2. The van der Waals surface area contributed by atoms with Crippen LogP contribution in [0.25, 0.3) is 0 Å². The Morgan fingerprint density at radius 1 is 1.46 bits per heavy atom. The van der Waals surface area contributed by atoms with Crippen molar-refractivity contribution in [3.05, 3.63) is 5.01 Å². The van der Waals surface area contributed by atoms with Crippen LogP contribution >= 0.6 is 35.5 Å². The fourth-order valence-electron chi connectivity index (χ4n) is 0.542. The molecular weight excluding hydrogens is 228 g/mol. The molecule has 0 fully saturated rings. The molecule has 0 spiro atoms. The molecule has 0 amide bonds. The lowest BCUT2D eigenvalue weighted by molar-refractivity contribution is 0.350. The molecule has 72 valence electrons. The van der Waals surface area contributed by atoms with E-state index in [1.807, 2.05) is 6.92 Å². The number of rotatable bonds is 2. The average Bonchev–Trinajstić information content (AvgIpc) is 2.45. The van der Waals surface area contributed by atoms with Crippen molar-refractivity contribution in [1.82, 2.24) is 10.2 Å². The Balaban J connectivity index is 0.00000144. The molecule has 0 atom stereocenters. The summed E-state index contributed by atoms with van der Waals surface area (Å²) in [6.07, 6.45) is 0. The lowest BCUT2D eigenvalue weighted by Gasteiger charge is -1.84. The maximum atomic E-state index is 8.36. The summed E-state index contributed by atoms with van der Waals surface area (Å²) in [6.45, 7) is 1.84. The van der Waals surface area contributed by atoms with Crippen LogP contribution in [0.3, 0.4) is 0 Å². The van der Waals surface area contributed by atoms with Gasteiger partial charge in [-0.05, 0) is 6.92 Å². The standard InChI is InChI=1S/C7H8N2OS2.ClH/c1-6-8-9-7(12-6)11-5-3-2-4-10;/h10H,4-5H2,1H3;1H. The summed E-state index contributed by atoms with van der Waals surface area (Å²) >= 11 is 3.10. The lowest BCUT2D eigenvalue weighted by atomic mass is 10.6. The molecule has 1 heterocycles. The predicted octanol–water partition coefficient (Wildman–Crippen LogP) is 1.36. The van der Waals surface area contributed by atoms with E-state index in [0.29, 0.717) is 5.75 Å². The summed E-state index contributed by atoms with van der Waals surface area (Å²) in [5.74, 6) is 6.02. The molecule has 6 heteroatoms. The number of aliphatic hydroxyl groups excluding tert-OH is 1. The van der Waals surface area contributed by atoms with Crippen molar-refractivity contribution in [2.75, 3.05) is 12.4 Å². The van der Waals surface area contributed by atoms with Gasteiger partial charge in [0.1, 0.15) is 11.6 Å². The van der Waals surface area contributed by atoms with Crippen molar-refractivity contribution in [3.8, 4) is 11.8 Å². The lowest BCUT2D eigenvalue weighted by Crippen LogP contribution is -1.76. The van der Waals surface area contributed by atoms with Crippen LogP contribution in [-0.4, -0.2) is 27.7 Å². The van der Waals surface area contributed by atoms with Gasteiger partial charge < -0.3 is 5.11 Å². The molecule has 0 aliphatic carbocycles. The van der Waals surface area contributed by atoms with E-state index in [-0.39, 0.29) is 19.0 Å². The smallest absolute Gasteiger partial charge is 0.175 e. The highest BCUT2D eigenvalue weighted by atomic mass is 35.5. The van der Waals surface area contributed by atoms with E-state index in [1.54, 1.807) is 23.1 Å². The second-order valence-corrected chi connectivity index (χ2v) is 4.29. The molecule has 13 heavy (non-hydrogen) atoms. The number of hydrogen-bond donors (Lipinski definition) is 1. The zero-order valence-electron chi connectivity index (χ0n) is 6.98. The van der Waals surface area contributed by atoms with Crippen molar-refractivity contribution in [2.24, 2.45) is 0 Å². The maximum Gasteiger partial charge on any atom is 0.175 e. The number of thioether (sulfide) groups is 1. The molecule has 0 saturated heterocycles. The highest BCUT2D eigenvalue weighted by Crippen LogP contribution is 2.20. The minimum atomic E-state index is -0.0737. The second-order valence-electron chi connectivity index (χ2n) is 1.89. The van der Waals surface area contributed by atoms with E-state index in [4.69, 9.17) is 5.11 Å². The topological polar surface area (TPSA) is 46.0 Å². The van der Waals surface area contributed by atoms with Crippen LogP contribution in [0.15, 0.2) is 4.34 Å². The first-order valence-corrected chi connectivity index (χ1v) is 5.12. The minimum Gasteiger partial charge on any atom is -0.384 e. The van der Waals surface area contributed by atoms with Crippen LogP contribution in [0, 0.1) is 18.8 Å². The first-order valence-electron chi connectivity index (χ1n) is 3.32. The third kappa shape index (κ3) is 5.11. The zero-order chi connectivity index (χ0) is 8.81. The summed E-state index contributed by atoms with van der Waals surface area (Å²) in [4.78, 5) is 0. The first kappa shape index (κ1) is 12.7. The third-order valence-electron chi connectivity index (χ3n) is 0.979. The third-order valence-corrected chi connectivity index (χ3v) is 2.83. The number of aryl methyl sites for hydroxylation is 1. The van der Waals surface area contributed by atoms with Gasteiger partial charge >= 0.3 is 0 Å². The number of aromatic nitrogens is 2. The molecule has 0 radical (unpaired) electrons. The Morgan fingerprint density at radius 2 is 2.23 bits per heavy atom. The Morgan fingerprint density at radius 3 is 2.77 bits per heavy atom. The van der Waals surface area contributed by atoms with Crippen LogP contribution in [0.2, 0.25) is 0 Å². The largest absolute Gasteiger partial charge is 0.384 e. The monoisotopic (exact) mass is 236 g/mol. The second kappa shape index (κ2) is 7.15. The van der Waals surface area contributed by atoms with Gasteiger partial charge in [0.25, 0.3) is 0 Å². The fraction of sp³-hybridized carbons (Fsp3) is 0.429. The normalized spacial score (nSPS) is 8.46. The Hall–Kier alpha value is -0.280. The minimum absolute atomic E-state index is 0. The molecule has 0 aliphatic heterocycles. The van der Waals surface area contributed by atoms with Crippen molar-refractivity contribution >= 4 is 35.5 Å². The molecule has 1 rings (SSSR count). The Labute approximate surface area is 91.4 Å². The number of aliphatic hydroxyl groups is 1. The Kier molecular flexibility index (Phi) is 7.00. The molecule has 0 saturated carbocycles. The van der Waals surface area contributed by atoms with Crippen molar-refractivity contribution in [1.29, 1.82) is 0 Å². The van der Waals surface area contributed by atoms with E-state index in [0.717, 1.165) is 9.35 Å². The highest BCUT2D eigenvalue weighted by molar-refractivity contribution is 8.01. The zero-order valence-corrected chi connectivity index (χ0v) is 9.43. The summed E-state index contributed by atoms with van der Waals surface area (Å²) < 4.78 is 0.930. The van der Waals surface area contributed by atoms with Crippen LogP contribution in [0.1, 0.15) is 5.01 Å². The van der Waals surface area contributed by atoms with Crippen LogP contribution in [0.5, 0.6) is 0 Å². The molecule has 0 aromatic carbocycles. The van der Waals surface area contributed by atoms with E-state index < -0.39 is 0 Å². The van der Waals surface area contributed by atoms with Crippen molar-refractivity contribution < 1.29 is 5.11 Å². The summed E-state index contributed by atoms with van der Waals surface area (Å²) in [6, 6.07) is 0. The number of nitrogens with zero attached hydrogens (tertiary/aromatic N) is 2. The SMILES string of the molecule is Cc1nnc(SCC#CCO)s1.Cl. The number of hydrogen-bond acceptors (Lipinski definition) is 5. The molecule has 1 aromatic heterocycles. The van der Waals surface area contributed by atoms with Gasteiger partial charge in [-0.2, -0.15) is 0 Å². The summed E-state index contributed by atoms with van der Waals surface area (Å²) in [5, 5.41) is 17.1. The maximum absolute atomic E-state index is 8.36. The summed E-state index contributed by atoms with van der Waals surface area (Å²) in [7, 11) is 0. The van der Waals surface area contributed by atoms with Gasteiger partial charge in [-0.25, -0.2) is 0 Å². The fourth-order valence-corrected chi connectivity index (χ4v) is 2.13. The van der Waals surface area contributed by atoms with Crippen molar-refractivity contribution in [3.63, 3.8) is 0 Å². The van der Waals surface area contributed by atoms with E-state index >= 15 is 0 Å². The Bertz CT molecular complexity index is 305. The van der Waals surface area contributed by atoms with Gasteiger partial charge in [0.05, 0.1) is 5.75 Å². The van der Waals surface area contributed by atoms with Gasteiger partial charge in [-0.1, -0.05) is 34.9 Å². The van der Waals surface area contributed by atoms with Crippen LogP contribution in [-0.2, 0) is 0 Å². The van der Waals surface area contributed by atoms with E-state index in [1.165, 1.54) is 0 Å².